The number of carbonyl (C=O) groups is 1. The van der Waals surface area contributed by atoms with Gasteiger partial charge in [0.05, 0.1) is 11.9 Å². The summed E-state index contributed by atoms with van der Waals surface area (Å²) in [4.78, 5) is 30.7. The van der Waals surface area contributed by atoms with E-state index in [0.717, 1.165) is 55.4 Å². The molecular formula is C22H30N8O. The second-order valence-corrected chi connectivity index (χ2v) is 7.98. The minimum absolute atomic E-state index is 0.231. The van der Waals surface area contributed by atoms with Gasteiger partial charge in [0.2, 0.25) is 5.95 Å². The Kier molecular flexibility index (Phi) is 6.31. The third-order valence-corrected chi connectivity index (χ3v) is 5.93. The number of hydrogen-bond acceptors (Lipinski definition) is 5. The monoisotopic (exact) mass is 422 g/mol. The number of urea groups is 1. The molecule has 9 heteroatoms. The number of anilines is 1. The molecule has 1 saturated heterocycles. The number of piperidine rings is 1. The SMILES string of the molecule is CCNC(=O)Nc1ncc(CN2CCC(c3ccc(-c4ncc[nH]4)nc3C)CC2)n1C. The van der Waals surface area contributed by atoms with Crippen LogP contribution in [0.4, 0.5) is 10.7 Å². The van der Waals surface area contributed by atoms with Crippen LogP contribution in [0.25, 0.3) is 11.5 Å². The van der Waals surface area contributed by atoms with Gasteiger partial charge in [-0.2, -0.15) is 0 Å². The van der Waals surface area contributed by atoms with Crippen LogP contribution >= 0.6 is 0 Å². The van der Waals surface area contributed by atoms with E-state index in [-0.39, 0.29) is 6.03 Å². The Morgan fingerprint density at radius 2 is 2.06 bits per heavy atom. The maximum Gasteiger partial charge on any atom is 0.321 e. The number of aromatic amines is 1. The van der Waals surface area contributed by atoms with Crippen molar-refractivity contribution in [2.45, 2.75) is 39.2 Å². The molecule has 31 heavy (non-hydrogen) atoms. The summed E-state index contributed by atoms with van der Waals surface area (Å²) in [5.74, 6) is 1.90. The first-order chi connectivity index (χ1) is 15.0. The summed E-state index contributed by atoms with van der Waals surface area (Å²) < 4.78 is 1.95. The van der Waals surface area contributed by atoms with Crippen LogP contribution in [-0.4, -0.2) is 55.1 Å². The van der Waals surface area contributed by atoms with Crippen LogP contribution in [0.2, 0.25) is 0 Å². The maximum atomic E-state index is 11.8. The van der Waals surface area contributed by atoms with E-state index in [4.69, 9.17) is 4.98 Å². The summed E-state index contributed by atoms with van der Waals surface area (Å²) in [5.41, 5.74) is 4.40. The smallest absolute Gasteiger partial charge is 0.321 e. The van der Waals surface area contributed by atoms with Gasteiger partial charge in [0.25, 0.3) is 0 Å². The van der Waals surface area contributed by atoms with Gasteiger partial charge >= 0.3 is 6.03 Å². The van der Waals surface area contributed by atoms with Crippen LogP contribution in [0.1, 0.15) is 42.6 Å². The molecule has 4 heterocycles. The lowest BCUT2D eigenvalue weighted by Crippen LogP contribution is -2.33. The molecule has 9 nitrogen and oxygen atoms in total. The number of carbonyl (C=O) groups excluding carboxylic acids is 1. The number of aryl methyl sites for hydroxylation is 1. The van der Waals surface area contributed by atoms with Crippen molar-refractivity contribution in [2.24, 2.45) is 7.05 Å². The molecule has 0 spiro atoms. The zero-order chi connectivity index (χ0) is 21.8. The summed E-state index contributed by atoms with van der Waals surface area (Å²) in [6.07, 6.45) is 7.61. The number of rotatable bonds is 6. The molecule has 0 atom stereocenters. The van der Waals surface area contributed by atoms with Crippen LogP contribution < -0.4 is 10.6 Å². The fourth-order valence-corrected chi connectivity index (χ4v) is 4.19. The van der Waals surface area contributed by atoms with Crippen LogP contribution in [0.15, 0.2) is 30.7 Å². The molecule has 0 aromatic carbocycles. The molecule has 4 rings (SSSR count). The van der Waals surface area contributed by atoms with Crippen LogP contribution in [0, 0.1) is 6.92 Å². The minimum Gasteiger partial charge on any atom is -0.343 e. The maximum absolute atomic E-state index is 11.8. The highest BCUT2D eigenvalue weighted by atomic mass is 16.2. The van der Waals surface area contributed by atoms with E-state index >= 15 is 0 Å². The van der Waals surface area contributed by atoms with Crippen molar-refractivity contribution in [3.8, 4) is 11.5 Å². The van der Waals surface area contributed by atoms with Gasteiger partial charge < -0.3 is 14.9 Å². The highest BCUT2D eigenvalue weighted by molar-refractivity contribution is 5.87. The van der Waals surface area contributed by atoms with Gasteiger partial charge in [-0.15, -0.1) is 0 Å². The zero-order valence-electron chi connectivity index (χ0n) is 18.4. The highest BCUT2D eigenvalue weighted by Crippen LogP contribution is 2.31. The van der Waals surface area contributed by atoms with Crippen molar-refractivity contribution in [3.63, 3.8) is 0 Å². The van der Waals surface area contributed by atoms with Crippen molar-refractivity contribution >= 4 is 12.0 Å². The molecule has 2 amide bonds. The second kappa shape index (κ2) is 9.30. The summed E-state index contributed by atoms with van der Waals surface area (Å²) >= 11 is 0. The minimum atomic E-state index is -0.231. The van der Waals surface area contributed by atoms with Crippen LogP contribution in [0.3, 0.4) is 0 Å². The van der Waals surface area contributed by atoms with E-state index in [0.29, 0.717) is 18.4 Å². The first-order valence-electron chi connectivity index (χ1n) is 10.8. The molecule has 3 aromatic heterocycles. The number of aromatic nitrogens is 5. The first kappa shape index (κ1) is 21.0. The van der Waals surface area contributed by atoms with Crippen LogP contribution in [0.5, 0.6) is 0 Å². The summed E-state index contributed by atoms with van der Waals surface area (Å²) in [6.45, 7) is 7.42. The van der Waals surface area contributed by atoms with Gasteiger partial charge in [-0.1, -0.05) is 6.07 Å². The fraction of sp³-hybridized carbons (Fsp3) is 0.455. The molecule has 0 bridgehead atoms. The Labute approximate surface area is 182 Å². The topological polar surface area (TPSA) is 104 Å². The van der Waals surface area contributed by atoms with E-state index in [1.807, 2.05) is 30.9 Å². The molecule has 0 radical (unpaired) electrons. The van der Waals surface area contributed by atoms with E-state index in [2.05, 4.69) is 49.5 Å². The predicted molar refractivity (Wildman–Crippen MR) is 120 cm³/mol. The second-order valence-electron chi connectivity index (χ2n) is 7.98. The number of amides is 2. The molecule has 3 N–H and O–H groups in total. The molecule has 0 unspecified atom stereocenters. The summed E-state index contributed by atoms with van der Waals surface area (Å²) in [5, 5.41) is 5.51. The molecule has 3 aromatic rings. The number of likely N-dealkylation sites (tertiary alicyclic amines) is 1. The predicted octanol–water partition coefficient (Wildman–Crippen LogP) is 3.03. The number of nitrogens with zero attached hydrogens (tertiary/aromatic N) is 5. The molecule has 0 saturated carbocycles. The number of hydrogen-bond donors (Lipinski definition) is 3. The Morgan fingerprint density at radius 1 is 1.26 bits per heavy atom. The quantitative estimate of drug-likeness (QED) is 0.566. The Morgan fingerprint density at radius 3 is 2.74 bits per heavy atom. The standard InChI is InChI=1S/C22H30N8O/c1-4-23-22(31)28-21-26-13-17(29(21)3)14-30-11-7-16(8-12-30)18-5-6-19(27-15(18)2)20-24-9-10-25-20/h5-6,9-10,13,16H,4,7-8,11-12,14H2,1-3H3,(H,24,25)(H2,23,26,28,31). The zero-order valence-corrected chi connectivity index (χ0v) is 18.4. The van der Waals surface area contributed by atoms with Gasteiger partial charge in [-0.05, 0) is 57.3 Å². The Bertz CT molecular complexity index is 1020. The summed E-state index contributed by atoms with van der Waals surface area (Å²) in [7, 11) is 1.94. The lowest BCUT2D eigenvalue weighted by atomic mass is 9.88. The van der Waals surface area contributed by atoms with Crippen molar-refractivity contribution in [1.29, 1.82) is 0 Å². The third-order valence-electron chi connectivity index (χ3n) is 5.93. The molecule has 1 fully saturated rings. The van der Waals surface area contributed by atoms with E-state index in [1.165, 1.54) is 5.56 Å². The number of pyridine rings is 1. The average molecular weight is 423 g/mol. The largest absolute Gasteiger partial charge is 0.343 e. The number of nitrogens with one attached hydrogen (secondary N) is 3. The van der Waals surface area contributed by atoms with Crippen molar-refractivity contribution in [2.75, 3.05) is 25.0 Å². The molecule has 1 aliphatic rings. The van der Waals surface area contributed by atoms with E-state index < -0.39 is 0 Å². The molecule has 0 aliphatic carbocycles. The van der Waals surface area contributed by atoms with E-state index in [9.17, 15) is 4.79 Å². The molecular weight excluding hydrogens is 392 g/mol. The Hall–Kier alpha value is -3.20. The van der Waals surface area contributed by atoms with Crippen LogP contribution in [-0.2, 0) is 13.6 Å². The fourth-order valence-electron chi connectivity index (χ4n) is 4.19. The van der Waals surface area contributed by atoms with Gasteiger partial charge in [-0.25, -0.2) is 19.7 Å². The lowest BCUT2D eigenvalue weighted by molar-refractivity contribution is 0.200. The van der Waals surface area contributed by atoms with Gasteiger partial charge in [0.1, 0.15) is 5.69 Å². The highest BCUT2D eigenvalue weighted by Gasteiger charge is 2.23. The normalized spacial score (nSPS) is 15.2. The number of imidazole rings is 2. The summed E-state index contributed by atoms with van der Waals surface area (Å²) in [6, 6.07) is 4.04. The molecule has 164 valence electrons. The van der Waals surface area contributed by atoms with Crippen molar-refractivity contribution in [3.05, 3.63) is 47.7 Å². The van der Waals surface area contributed by atoms with Crippen molar-refractivity contribution < 1.29 is 4.79 Å². The molecule has 1 aliphatic heterocycles. The third kappa shape index (κ3) is 4.77. The first-order valence-corrected chi connectivity index (χ1v) is 10.8. The Balaban J connectivity index is 1.34. The average Bonchev–Trinajstić information content (AvgIpc) is 3.41. The van der Waals surface area contributed by atoms with Gasteiger partial charge in [0.15, 0.2) is 5.82 Å². The van der Waals surface area contributed by atoms with Gasteiger partial charge in [-0.3, -0.25) is 10.2 Å². The van der Waals surface area contributed by atoms with E-state index in [1.54, 1.807) is 6.20 Å². The van der Waals surface area contributed by atoms with Crippen molar-refractivity contribution in [1.82, 2.24) is 34.7 Å². The van der Waals surface area contributed by atoms with Gasteiger partial charge in [0, 0.05) is 38.2 Å². The number of H-pyrrole nitrogens is 1. The lowest BCUT2D eigenvalue weighted by Gasteiger charge is -2.32.